The number of alkyl halides is 3. The van der Waals surface area contributed by atoms with E-state index in [0.717, 1.165) is 28.2 Å². The summed E-state index contributed by atoms with van der Waals surface area (Å²) >= 11 is 6.18. The number of amides is 1. The van der Waals surface area contributed by atoms with Gasteiger partial charge in [0.05, 0.1) is 22.4 Å². The quantitative estimate of drug-likeness (QED) is 0.336. The highest BCUT2D eigenvalue weighted by molar-refractivity contribution is 7.92. The third-order valence-electron chi connectivity index (χ3n) is 5.02. The van der Waals surface area contributed by atoms with E-state index in [4.69, 9.17) is 11.6 Å². The highest BCUT2D eigenvalue weighted by Crippen LogP contribution is 2.31. The van der Waals surface area contributed by atoms with E-state index >= 15 is 0 Å². The summed E-state index contributed by atoms with van der Waals surface area (Å²) < 4.78 is 66.4. The van der Waals surface area contributed by atoms with Crippen LogP contribution in [0.4, 0.5) is 18.9 Å². The Bertz CT molecular complexity index is 1360. The molecule has 0 fully saturated rings. The fraction of sp³-hybridized carbons (Fsp3) is 0.167. The molecular weight excluding hydrogens is 503 g/mol. The van der Waals surface area contributed by atoms with Gasteiger partial charge in [0.2, 0.25) is 0 Å². The fourth-order valence-electron chi connectivity index (χ4n) is 3.14. The molecular formula is C24H21ClF3N3O3S. The molecule has 0 saturated heterocycles. The average Bonchev–Trinajstić information content (AvgIpc) is 2.79. The average molecular weight is 524 g/mol. The van der Waals surface area contributed by atoms with Gasteiger partial charge in [-0.1, -0.05) is 47.5 Å². The molecule has 0 aromatic heterocycles. The molecule has 35 heavy (non-hydrogen) atoms. The van der Waals surface area contributed by atoms with Gasteiger partial charge in [-0.15, -0.1) is 0 Å². The topological polar surface area (TPSA) is 78.8 Å². The van der Waals surface area contributed by atoms with Gasteiger partial charge in [-0.25, -0.2) is 13.8 Å². The Balaban J connectivity index is 1.87. The zero-order valence-corrected chi connectivity index (χ0v) is 20.2. The van der Waals surface area contributed by atoms with Gasteiger partial charge in [-0.3, -0.25) is 9.10 Å². The number of aryl methyl sites for hydroxylation is 1. The molecule has 3 aromatic carbocycles. The van der Waals surface area contributed by atoms with Gasteiger partial charge in [-0.2, -0.15) is 18.3 Å². The molecule has 0 heterocycles. The van der Waals surface area contributed by atoms with Crippen LogP contribution in [0.5, 0.6) is 0 Å². The third kappa shape index (κ3) is 6.40. The summed E-state index contributed by atoms with van der Waals surface area (Å²) in [7, 11) is -4.17. The fourth-order valence-corrected chi connectivity index (χ4v) is 4.79. The van der Waals surface area contributed by atoms with E-state index in [2.05, 4.69) is 10.5 Å². The van der Waals surface area contributed by atoms with Crippen molar-refractivity contribution < 1.29 is 26.4 Å². The van der Waals surface area contributed by atoms with Crippen molar-refractivity contribution in [3.05, 3.63) is 94.0 Å². The van der Waals surface area contributed by atoms with E-state index in [1.54, 1.807) is 31.2 Å². The standard InChI is InChI=1S/C24H21ClF3N3O3S/c1-16-9-11-20(12-10-16)35(33,34)31(22-8-4-7-21(25)17(22)2)15-23(32)30-29-14-18-5-3-6-19(13-18)24(26,27)28/h3-14H,15H2,1-2H3,(H,30,32)/b29-14-. The van der Waals surface area contributed by atoms with Crippen LogP contribution < -0.4 is 9.73 Å². The second-order valence-corrected chi connectivity index (χ2v) is 9.89. The number of nitrogens with zero attached hydrogens (tertiary/aromatic N) is 2. The van der Waals surface area contributed by atoms with E-state index in [1.165, 1.54) is 30.3 Å². The number of rotatable bonds is 7. The summed E-state index contributed by atoms with van der Waals surface area (Å²) in [6, 6.07) is 15.2. The third-order valence-corrected chi connectivity index (χ3v) is 7.20. The summed E-state index contributed by atoms with van der Waals surface area (Å²) in [6.07, 6.45) is -3.48. The molecule has 0 radical (unpaired) electrons. The Morgan fingerprint density at radius 3 is 2.37 bits per heavy atom. The van der Waals surface area contributed by atoms with E-state index in [0.29, 0.717) is 10.6 Å². The van der Waals surface area contributed by atoms with Crippen LogP contribution in [0.3, 0.4) is 0 Å². The Kier molecular flexibility index (Phi) is 7.86. The lowest BCUT2D eigenvalue weighted by Crippen LogP contribution is -2.40. The predicted octanol–water partition coefficient (Wildman–Crippen LogP) is 5.32. The van der Waals surface area contributed by atoms with Crippen LogP contribution in [0.2, 0.25) is 5.02 Å². The lowest BCUT2D eigenvalue weighted by molar-refractivity contribution is -0.137. The first-order valence-electron chi connectivity index (χ1n) is 10.2. The monoisotopic (exact) mass is 523 g/mol. The number of benzene rings is 3. The van der Waals surface area contributed by atoms with Gasteiger partial charge in [0.1, 0.15) is 6.54 Å². The van der Waals surface area contributed by atoms with Crippen molar-refractivity contribution in [1.82, 2.24) is 5.43 Å². The van der Waals surface area contributed by atoms with Crippen LogP contribution in [0.25, 0.3) is 0 Å². The molecule has 0 unspecified atom stereocenters. The molecule has 6 nitrogen and oxygen atoms in total. The highest BCUT2D eigenvalue weighted by atomic mass is 35.5. The second kappa shape index (κ2) is 10.5. The Morgan fingerprint density at radius 2 is 1.71 bits per heavy atom. The number of hydrogen-bond acceptors (Lipinski definition) is 4. The van der Waals surface area contributed by atoms with Gasteiger partial charge in [0.25, 0.3) is 15.9 Å². The summed E-state index contributed by atoms with van der Waals surface area (Å²) in [5.74, 6) is -0.803. The molecule has 0 saturated carbocycles. The van der Waals surface area contributed by atoms with Crippen LogP contribution >= 0.6 is 11.6 Å². The number of nitrogens with one attached hydrogen (secondary N) is 1. The summed E-state index contributed by atoms with van der Waals surface area (Å²) in [5, 5.41) is 3.99. The van der Waals surface area contributed by atoms with Crippen molar-refractivity contribution in [2.24, 2.45) is 5.10 Å². The highest BCUT2D eigenvalue weighted by Gasteiger charge is 2.30. The first kappa shape index (κ1) is 26.2. The van der Waals surface area contributed by atoms with Gasteiger partial charge in [-0.05, 0) is 61.4 Å². The van der Waals surface area contributed by atoms with Crippen molar-refractivity contribution in [3.63, 3.8) is 0 Å². The second-order valence-electron chi connectivity index (χ2n) is 7.63. The van der Waals surface area contributed by atoms with Crippen LogP contribution in [0.15, 0.2) is 76.7 Å². The van der Waals surface area contributed by atoms with Crippen molar-refractivity contribution >= 4 is 39.4 Å². The summed E-state index contributed by atoms with van der Waals surface area (Å²) in [4.78, 5) is 12.6. The number of hydrazone groups is 1. The number of halogens is 4. The van der Waals surface area contributed by atoms with Gasteiger partial charge < -0.3 is 0 Å². The van der Waals surface area contributed by atoms with E-state index in [1.807, 2.05) is 6.92 Å². The van der Waals surface area contributed by atoms with Crippen molar-refractivity contribution in [2.45, 2.75) is 24.9 Å². The minimum Gasteiger partial charge on any atom is -0.271 e. The zero-order valence-electron chi connectivity index (χ0n) is 18.7. The van der Waals surface area contributed by atoms with Gasteiger partial charge in [0, 0.05) is 5.02 Å². The first-order valence-corrected chi connectivity index (χ1v) is 12.0. The van der Waals surface area contributed by atoms with E-state index in [9.17, 15) is 26.4 Å². The smallest absolute Gasteiger partial charge is 0.271 e. The molecule has 3 aromatic rings. The minimum absolute atomic E-state index is 0.0252. The molecule has 0 aliphatic carbocycles. The van der Waals surface area contributed by atoms with Crippen LogP contribution in [0.1, 0.15) is 22.3 Å². The molecule has 0 atom stereocenters. The largest absolute Gasteiger partial charge is 0.416 e. The number of carbonyl (C=O) groups excluding carboxylic acids is 1. The van der Waals surface area contributed by atoms with E-state index < -0.39 is 34.2 Å². The maximum absolute atomic E-state index is 13.4. The SMILES string of the molecule is Cc1ccc(S(=O)(=O)N(CC(=O)N/N=C\c2cccc(C(F)(F)F)c2)c2cccc(Cl)c2C)cc1. The molecule has 0 bridgehead atoms. The maximum Gasteiger partial charge on any atom is 0.416 e. The van der Waals surface area contributed by atoms with Crippen molar-refractivity contribution in [1.29, 1.82) is 0 Å². The molecule has 0 aliphatic rings. The molecule has 0 spiro atoms. The lowest BCUT2D eigenvalue weighted by atomic mass is 10.1. The minimum atomic E-state index is -4.52. The summed E-state index contributed by atoms with van der Waals surface area (Å²) in [5.41, 5.74) is 2.92. The molecule has 0 aliphatic heterocycles. The first-order chi connectivity index (χ1) is 16.4. The van der Waals surface area contributed by atoms with Crippen molar-refractivity contribution in [3.8, 4) is 0 Å². The van der Waals surface area contributed by atoms with Crippen molar-refractivity contribution in [2.75, 3.05) is 10.8 Å². The lowest BCUT2D eigenvalue weighted by Gasteiger charge is -2.25. The maximum atomic E-state index is 13.4. The Labute approximate surface area is 206 Å². The van der Waals surface area contributed by atoms with Gasteiger partial charge in [0.15, 0.2) is 0 Å². The van der Waals surface area contributed by atoms with Gasteiger partial charge >= 0.3 is 6.18 Å². The zero-order chi connectivity index (χ0) is 25.8. The molecule has 3 rings (SSSR count). The normalized spacial score (nSPS) is 12.1. The number of anilines is 1. The predicted molar refractivity (Wildman–Crippen MR) is 129 cm³/mol. The Morgan fingerprint density at radius 1 is 1.06 bits per heavy atom. The van der Waals surface area contributed by atoms with Crippen LogP contribution in [-0.2, 0) is 21.0 Å². The number of carbonyl (C=O) groups is 1. The molecule has 1 amide bonds. The Hall–Kier alpha value is -3.37. The molecule has 11 heteroatoms. The number of sulfonamides is 1. The molecule has 1 N–H and O–H groups in total. The van der Waals surface area contributed by atoms with E-state index in [-0.39, 0.29) is 16.1 Å². The van der Waals surface area contributed by atoms with Crippen LogP contribution in [-0.4, -0.2) is 27.1 Å². The number of hydrogen-bond donors (Lipinski definition) is 1. The molecule has 184 valence electrons. The van der Waals surface area contributed by atoms with Crippen LogP contribution in [0, 0.1) is 13.8 Å². The summed E-state index contributed by atoms with van der Waals surface area (Å²) in [6.45, 7) is 2.79.